The number of rotatable bonds is 1. The zero-order chi connectivity index (χ0) is 13.3. The Kier molecular flexibility index (Phi) is 3.81. The van der Waals surface area contributed by atoms with Crippen molar-refractivity contribution in [3.05, 3.63) is 11.6 Å². The van der Waals surface area contributed by atoms with E-state index in [1.807, 2.05) is 4.90 Å². The van der Waals surface area contributed by atoms with Crippen molar-refractivity contribution in [3.8, 4) is 0 Å². The predicted octanol–water partition coefficient (Wildman–Crippen LogP) is 2.19. The Morgan fingerprint density at radius 3 is 2.61 bits per heavy atom. The minimum atomic E-state index is 0.0505. The molecule has 0 spiro atoms. The molecule has 2 heterocycles. The molecule has 0 aliphatic carbocycles. The molecule has 0 aromatic carbocycles. The molecule has 1 fully saturated rings. The van der Waals surface area contributed by atoms with Gasteiger partial charge in [0.25, 0.3) is 0 Å². The summed E-state index contributed by atoms with van der Waals surface area (Å²) in [5, 5.41) is 3.33. The second-order valence-electron chi connectivity index (χ2n) is 6.71. The summed E-state index contributed by atoms with van der Waals surface area (Å²) in [5.41, 5.74) is 1.73. The van der Waals surface area contributed by atoms with Crippen LogP contribution in [0.25, 0.3) is 0 Å². The molecule has 0 aromatic rings. The van der Waals surface area contributed by atoms with Gasteiger partial charge in [0.1, 0.15) is 0 Å². The third-order valence-corrected chi connectivity index (χ3v) is 4.28. The lowest BCUT2D eigenvalue weighted by Gasteiger charge is -2.34. The van der Waals surface area contributed by atoms with Gasteiger partial charge in [0.2, 0.25) is 5.91 Å². The highest BCUT2D eigenvalue weighted by Gasteiger charge is 2.33. The van der Waals surface area contributed by atoms with Crippen molar-refractivity contribution in [2.75, 3.05) is 19.6 Å². The van der Waals surface area contributed by atoms with Gasteiger partial charge in [0.05, 0.1) is 6.04 Å². The Morgan fingerprint density at radius 2 is 2.17 bits per heavy atom. The van der Waals surface area contributed by atoms with Crippen molar-refractivity contribution >= 4 is 5.91 Å². The Labute approximate surface area is 111 Å². The van der Waals surface area contributed by atoms with Gasteiger partial charge < -0.3 is 10.2 Å². The van der Waals surface area contributed by atoms with Crippen LogP contribution in [-0.2, 0) is 4.79 Å². The van der Waals surface area contributed by atoms with E-state index in [1.165, 1.54) is 5.57 Å². The second-order valence-corrected chi connectivity index (χ2v) is 6.71. The van der Waals surface area contributed by atoms with Gasteiger partial charge >= 0.3 is 0 Å². The summed E-state index contributed by atoms with van der Waals surface area (Å²) in [7, 11) is 0. The third-order valence-electron chi connectivity index (χ3n) is 4.28. The molecular formula is C15H26N2O. The van der Waals surface area contributed by atoms with Crippen molar-refractivity contribution in [2.24, 2.45) is 11.3 Å². The molecule has 1 N–H and O–H groups in total. The van der Waals surface area contributed by atoms with Crippen LogP contribution < -0.4 is 5.32 Å². The number of nitrogens with zero attached hydrogens (tertiary/aromatic N) is 1. The lowest BCUT2D eigenvalue weighted by Crippen LogP contribution is -2.47. The van der Waals surface area contributed by atoms with E-state index in [-0.39, 0.29) is 11.5 Å². The van der Waals surface area contributed by atoms with E-state index in [0.29, 0.717) is 11.8 Å². The zero-order valence-electron chi connectivity index (χ0n) is 12.1. The van der Waals surface area contributed by atoms with Gasteiger partial charge in [-0.1, -0.05) is 39.3 Å². The smallest absolute Gasteiger partial charge is 0.240 e. The first-order valence-corrected chi connectivity index (χ1v) is 7.11. The molecule has 2 aliphatic rings. The van der Waals surface area contributed by atoms with Gasteiger partial charge in [0, 0.05) is 13.1 Å². The van der Waals surface area contributed by atoms with E-state index in [4.69, 9.17) is 0 Å². The van der Waals surface area contributed by atoms with E-state index < -0.39 is 0 Å². The first kappa shape index (κ1) is 13.6. The summed E-state index contributed by atoms with van der Waals surface area (Å²) in [6, 6.07) is 0.0505. The number of carbonyl (C=O) groups excluding carboxylic acids is 1. The predicted molar refractivity (Wildman–Crippen MR) is 74.3 cm³/mol. The van der Waals surface area contributed by atoms with E-state index in [1.54, 1.807) is 0 Å². The molecule has 18 heavy (non-hydrogen) atoms. The Hall–Kier alpha value is -0.830. The molecule has 2 aliphatic heterocycles. The zero-order valence-corrected chi connectivity index (χ0v) is 12.1. The lowest BCUT2D eigenvalue weighted by molar-refractivity contribution is -0.133. The van der Waals surface area contributed by atoms with Crippen LogP contribution in [0.1, 0.15) is 40.5 Å². The van der Waals surface area contributed by atoms with Crippen LogP contribution in [0.5, 0.6) is 0 Å². The first-order chi connectivity index (χ1) is 8.39. The molecule has 0 bridgehead atoms. The molecule has 0 aromatic heterocycles. The third kappa shape index (κ3) is 2.77. The SMILES string of the molecule is CC1CCNC1C(=O)N1CC=C(C(C)(C)C)CC1. The van der Waals surface area contributed by atoms with Gasteiger partial charge in [-0.05, 0) is 30.7 Å². The summed E-state index contributed by atoms with van der Waals surface area (Å²) in [6.07, 6.45) is 4.39. The average Bonchev–Trinajstić information content (AvgIpc) is 2.73. The van der Waals surface area contributed by atoms with Gasteiger partial charge in [-0.25, -0.2) is 0 Å². The quantitative estimate of drug-likeness (QED) is 0.724. The fraction of sp³-hybridized carbons (Fsp3) is 0.800. The largest absolute Gasteiger partial charge is 0.337 e. The summed E-state index contributed by atoms with van der Waals surface area (Å²) < 4.78 is 0. The molecule has 102 valence electrons. The van der Waals surface area contributed by atoms with Crippen LogP contribution in [0.4, 0.5) is 0 Å². The topological polar surface area (TPSA) is 32.3 Å². The molecule has 3 nitrogen and oxygen atoms in total. The van der Waals surface area contributed by atoms with Crippen molar-refractivity contribution in [2.45, 2.75) is 46.6 Å². The molecule has 2 unspecified atom stereocenters. The Bertz CT molecular complexity index is 354. The summed E-state index contributed by atoms with van der Waals surface area (Å²) in [5.74, 6) is 0.773. The summed E-state index contributed by atoms with van der Waals surface area (Å²) in [6.45, 7) is 11.6. The van der Waals surface area contributed by atoms with E-state index >= 15 is 0 Å². The van der Waals surface area contributed by atoms with Gasteiger partial charge in [-0.2, -0.15) is 0 Å². The molecule has 2 rings (SSSR count). The number of hydrogen-bond acceptors (Lipinski definition) is 2. The number of carbonyl (C=O) groups is 1. The molecule has 3 heteroatoms. The van der Waals surface area contributed by atoms with E-state index in [0.717, 1.165) is 32.5 Å². The normalized spacial score (nSPS) is 29.3. The molecule has 2 atom stereocenters. The first-order valence-electron chi connectivity index (χ1n) is 7.11. The molecule has 1 amide bonds. The van der Waals surface area contributed by atoms with Crippen LogP contribution in [0.2, 0.25) is 0 Å². The van der Waals surface area contributed by atoms with E-state index in [9.17, 15) is 4.79 Å². The van der Waals surface area contributed by atoms with Crippen LogP contribution in [0.15, 0.2) is 11.6 Å². The van der Waals surface area contributed by atoms with Crippen LogP contribution >= 0.6 is 0 Å². The van der Waals surface area contributed by atoms with Gasteiger partial charge in [0.15, 0.2) is 0 Å². The highest BCUT2D eigenvalue weighted by atomic mass is 16.2. The standard InChI is InChI=1S/C15H26N2O/c1-11-5-8-16-13(11)14(18)17-9-6-12(7-10-17)15(2,3)4/h6,11,13,16H,5,7-10H2,1-4H3. The van der Waals surface area contributed by atoms with Crippen molar-refractivity contribution in [1.82, 2.24) is 10.2 Å². The van der Waals surface area contributed by atoms with Gasteiger partial charge in [-0.15, -0.1) is 0 Å². The Morgan fingerprint density at radius 1 is 1.44 bits per heavy atom. The Balaban J connectivity index is 1.97. The highest BCUT2D eigenvalue weighted by Crippen LogP contribution is 2.30. The van der Waals surface area contributed by atoms with Crippen molar-refractivity contribution in [1.29, 1.82) is 0 Å². The van der Waals surface area contributed by atoms with Crippen molar-refractivity contribution in [3.63, 3.8) is 0 Å². The minimum Gasteiger partial charge on any atom is -0.337 e. The highest BCUT2D eigenvalue weighted by molar-refractivity contribution is 5.82. The second kappa shape index (κ2) is 5.04. The van der Waals surface area contributed by atoms with E-state index in [2.05, 4.69) is 39.1 Å². The minimum absolute atomic E-state index is 0.0505. The van der Waals surface area contributed by atoms with Gasteiger partial charge in [-0.3, -0.25) is 4.79 Å². The summed E-state index contributed by atoms with van der Waals surface area (Å²) >= 11 is 0. The van der Waals surface area contributed by atoms with Crippen LogP contribution in [0.3, 0.4) is 0 Å². The number of hydrogen-bond donors (Lipinski definition) is 1. The van der Waals surface area contributed by atoms with Crippen LogP contribution in [-0.4, -0.2) is 36.5 Å². The fourth-order valence-electron chi connectivity index (χ4n) is 2.91. The number of amides is 1. The van der Waals surface area contributed by atoms with Crippen molar-refractivity contribution < 1.29 is 4.79 Å². The summed E-state index contributed by atoms with van der Waals surface area (Å²) in [4.78, 5) is 14.4. The number of nitrogens with one attached hydrogen (secondary N) is 1. The average molecular weight is 250 g/mol. The maximum atomic E-state index is 12.4. The fourth-order valence-corrected chi connectivity index (χ4v) is 2.91. The monoisotopic (exact) mass is 250 g/mol. The molecular weight excluding hydrogens is 224 g/mol. The maximum absolute atomic E-state index is 12.4. The lowest BCUT2D eigenvalue weighted by atomic mass is 9.83. The molecule has 0 saturated carbocycles. The molecule has 0 radical (unpaired) electrons. The molecule has 1 saturated heterocycles. The van der Waals surface area contributed by atoms with Crippen LogP contribution in [0, 0.1) is 11.3 Å². The maximum Gasteiger partial charge on any atom is 0.240 e.